The zero-order valence-electron chi connectivity index (χ0n) is 10.5. The molecule has 0 atom stereocenters. The molecule has 1 aromatic heterocycles. The van der Waals surface area contributed by atoms with Crippen LogP contribution in [0.1, 0.15) is 26.3 Å². The topological polar surface area (TPSA) is 76.0 Å². The molecule has 0 fully saturated rings. The fraction of sp³-hybridized carbons (Fsp3) is 0.308. The van der Waals surface area contributed by atoms with Gasteiger partial charge in [-0.05, 0) is 17.0 Å². The van der Waals surface area contributed by atoms with E-state index in [9.17, 15) is 14.9 Å². The van der Waals surface area contributed by atoms with Crippen molar-refractivity contribution < 1.29 is 4.92 Å². The molecular formula is C13H14N2O3. The fourth-order valence-electron chi connectivity index (χ4n) is 1.84. The quantitative estimate of drug-likeness (QED) is 0.620. The summed E-state index contributed by atoms with van der Waals surface area (Å²) in [5, 5.41) is 11.4. The molecule has 0 aliphatic carbocycles. The minimum Gasteiger partial charge on any atom is -0.355 e. The van der Waals surface area contributed by atoms with Crippen LogP contribution in [0.4, 0.5) is 5.69 Å². The Morgan fingerprint density at radius 1 is 1.28 bits per heavy atom. The van der Waals surface area contributed by atoms with E-state index in [-0.39, 0.29) is 22.0 Å². The fourth-order valence-corrected chi connectivity index (χ4v) is 1.84. The van der Waals surface area contributed by atoms with Gasteiger partial charge in [0.2, 0.25) is 0 Å². The average Bonchev–Trinajstić information content (AvgIpc) is 2.27. The first-order valence-electron chi connectivity index (χ1n) is 5.61. The number of nitrogens with zero attached hydrogens (tertiary/aromatic N) is 1. The Hall–Kier alpha value is -2.17. The van der Waals surface area contributed by atoms with E-state index in [1.54, 1.807) is 6.07 Å². The third-order valence-electron chi connectivity index (χ3n) is 2.91. The highest BCUT2D eigenvalue weighted by atomic mass is 16.6. The number of hydrogen-bond acceptors (Lipinski definition) is 3. The number of nitro benzene ring substituents is 1. The highest BCUT2D eigenvalue weighted by molar-refractivity contribution is 5.87. The molecule has 0 unspecified atom stereocenters. The van der Waals surface area contributed by atoms with Crippen LogP contribution in [-0.4, -0.2) is 9.91 Å². The third-order valence-corrected chi connectivity index (χ3v) is 2.91. The van der Waals surface area contributed by atoms with Crippen molar-refractivity contribution in [3.05, 3.63) is 50.3 Å². The lowest BCUT2D eigenvalue weighted by Crippen LogP contribution is -2.13. The van der Waals surface area contributed by atoms with Crippen molar-refractivity contribution in [1.82, 2.24) is 4.98 Å². The number of aromatic nitrogens is 1. The van der Waals surface area contributed by atoms with E-state index < -0.39 is 4.92 Å². The Kier molecular flexibility index (Phi) is 2.69. The van der Waals surface area contributed by atoms with Crippen LogP contribution < -0.4 is 5.43 Å². The summed E-state index contributed by atoms with van der Waals surface area (Å²) in [6.45, 7) is 5.86. The summed E-state index contributed by atoms with van der Waals surface area (Å²) in [6, 6.07) is 4.62. The summed E-state index contributed by atoms with van der Waals surface area (Å²) >= 11 is 0. The molecule has 0 saturated carbocycles. The molecule has 0 aliphatic rings. The molecule has 0 radical (unpaired) electrons. The van der Waals surface area contributed by atoms with Gasteiger partial charge in [-0.1, -0.05) is 20.8 Å². The number of rotatable bonds is 1. The van der Waals surface area contributed by atoms with Gasteiger partial charge in [0.25, 0.3) is 5.69 Å². The van der Waals surface area contributed by atoms with Crippen LogP contribution in [0.25, 0.3) is 10.9 Å². The smallest absolute Gasteiger partial charge is 0.293 e. The standard InChI is InChI=1S/C13H14N2O3/c1-13(2,3)8-6-9-11(16)4-5-14-12(9)10(7-8)15(17)18/h4-7H,1-3H3,(H,14,16). The van der Waals surface area contributed by atoms with Crippen molar-refractivity contribution in [3.8, 4) is 0 Å². The van der Waals surface area contributed by atoms with E-state index in [2.05, 4.69) is 4.98 Å². The Labute approximate surface area is 104 Å². The van der Waals surface area contributed by atoms with Crippen LogP contribution in [0, 0.1) is 10.1 Å². The maximum Gasteiger partial charge on any atom is 0.293 e. The highest BCUT2D eigenvalue weighted by Crippen LogP contribution is 2.30. The molecule has 1 N–H and O–H groups in total. The molecule has 1 heterocycles. The SMILES string of the molecule is CC(C)(C)c1cc([N+](=O)[O-])c2[nH]ccc(=O)c2c1. The second-order valence-corrected chi connectivity index (χ2v) is 5.27. The van der Waals surface area contributed by atoms with E-state index in [1.807, 2.05) is 20.8 Å². The van der Waals surface area contributed by atoms with Crippen LogP contribution in [0.3, 0.4) is 0 Å². The van der Waals surface area contributed by atoms with Gasteiger partial charge in [-0.2, -0.15) is 0 Å². The number of hydrogen-bond donors (Lipinski definition) is 1. The van der Waals surface area contributed by atoms with E-state index in [4.69, 9.17) is 0 Å². The molecule has 94 valence electrons. The number of non-ortho nitro benzene ring substituents is 1. The Morgan fingerprint density at radius 3 is 2.50 bits per heavy atom. The number of pyridine rings is 1. The molecule has 0 aliphatic heterocycles. The number of aromatic amines is 1. The van der Waals surface area contributed by atoms with Gasteiger partial charge in [0.05, 0.1) is 10.3 Å². The van der Waals surface area contributed by atoms with Gasteiger partial charge in [-0.3, -0.25) is 14.9 Å². The van der Waals surface area contributed by atoms with Crippen molar-refractivity contribution in [1.29, 1.82) is 0 Å². The van der Waals surface area contributed by atoms with E-state index >= 15 is 0 Å². The number of fused-ring (bicyclic) bond motifs is 1. The van der Waals surface area contributed by atoms with E-state index in [1.165, 1.54) is 18.3 Å². The Balaban J connectivity index is 2.93. The molecule has 1 aromatic carbocycles. The zero-order valence-corrected chi connectivity index (χ0v) is 10.5. The molecule has 0 saturated heterocycles. The Bertz CT molecular complexity index is 681. The predicted octanol–water partition coefficient (Wildman–Crippen LogP) is 2.73. The number of nitro groups is 1. The minimum atomic E-state index is -0.465. The van der Waals surface area contributed by atoms with Crippen molar-refractivity contribution in [2.24, 2.45) is 0 Å². The second-order valence-electron chi connectivity index (χ2n) is 5.27. The van der Waals surface area contributed by atoms with Gasteiger partial charge in [0, 0.05) is 18.3 Å². The van der Waals surface area contributed by atoms with Crippen molar-refractivity contribution in [3.63, 3.8) is 0 Å². The molecular weight excluding hydrogens is 232 g/mol. The first-order valence-corrected chi connectivity index (χ1v) is 5.61. The number of nitrogens with one attached hydrogen (secondary N) is 1. The number of H-pyrrole nitrogens is 1. The molecule has 5 nitrogen and oxygen atoms in total. The first kappa shape index (κ1) is 12.3. The molecule has 5 heteroatoms. The van der Waals surface area contributed by atoms with Crippen molar-refractivity contribution >= 4 is 16.6 Å². The second kappa shape index (κ2) is 3.94. The van der Waals surface area contributed by atoms with Gasteiger partial charge in [0.15, 0.2) is 5.43 Å². The largest absolute Gasteiger partial charge is 0.355 e. The lowest BCUT2D eigenvalue weighted by atomic mass is 9.86. The summed E-state index contributed by atoms with van der Waals surface area (Å²) in [4.78, 5) is 25.2. The van der Waals surface area contributed by atoms with Gasteiger partial charge < -0.3 is 4.98 Å². The summed E-state index contributed by atoms with van der Waals surface area (Å²) in [7, 11) is 0. The molecule has 0 spiro atoms. The highest BCUT2D eigenvalue weighted by Gasteiger charge is 2.21. The molecule has 0 bridgehead atoms. The number of benzene rings is 1. The average molecular weight is 246 g/mol. The van der Waals surface area contributed by atoms with Crippen LogP contribution in [0.15, 0.2) is 29.2 Å². The van der Waals surface area contributed by atoms with E-state index in [0.29, 0.717) is 5.39 Å². The van der Waals surface area contributed by atoms with Crippen molar-refractivity contribution in [2.45, 2.75) is 26.2 Å². The lowest BCUT2D eigenvalue weighted by Gasteiger charge is -2.19. The van der Waals surface area contributed by atoms with Gasteiger partial charge in [-0.25, -0.2) is 0 Å². The van der Waals surface area contributed by atoms with Crippen LogP contribution in [0.5, 0.6) is 0 Å². The summed E-state index contributed by atoms with van der Waals surface area (Å²) in [6.07, 6.45) is 1.43. The summed E-state index contributed by atoms with van der Waals surface area (Å²) in [5.74, 6) is 0. The summed E-state index contributed by atoms with van der Waals surface area (Å²) in [5.41, 5.74) is 0.535. The first-order chi connectivity index (χ1) is 8.30. The molecule has 2 rings (SSSR count). The van der Waals surface area contributed by atoms with Crippen LogP contribution in [-0.2, 0) is 5.41 Å². The predicted molar refractivity (Wildman–Crippen MR) is 69.9 cm³/mol. The molecule has 2 aromatic rings. The third kappa shape index (κ3) is 1.99. The van der Waals surface area contributed by atoms with Crippen molar-refractivity contribution in [2.75, 3.05) is 0 Å². The normalized spacial score (nSPS) is 11.7. The minimum absolute atomic E-state index is 0.0601. The van der Waals surface area contributed by atoms with Gasteiger partial charge >= 0.3 is 0 Å². The van der Waals surface area contributed by atoms with Crippen LogP contribution in [0.2, 0.25) is 0 Å². The maximum absolute atomic E-state index is 11.8. The van der Waals surface area contributed by atoms with Gasteiger partial charge in [-0.15, -0.1) is 0 Å². The van der Waals surface area contributed by atoms with E-state index in [0.717, 1.165) is 5.56 Å². The summed E-state index contributed by atoms with van der Waals surface area (Å²) < 4.78 is 0. The monoisotopic (exact) mass is 246 g/mol. The van der Waals surface area contributed by atoms with Crippen LogP contribution >= 0.6 is 0 Å². The Morgan fingerprint density at radius 2 is 1.94 bits per heavy atom. The van der Waals surface area contributed by atoms with Gasteiger partial charge in [0.1, 0.15) is 5.52 Å². The lowest BCUT2D eigenvalue weighted by molar-refractivity contribution is -0.383. The zero-order chi connectivity index (χ0) is 13.5. The maximum atomic E-state index is 11.8. The molecule has 0 amide bonds. The molecule has 18 heavy (non-hydrogen) atoms.